The molecule has 1 unspecified atom stereocenters. The third kappa shape index (κ3) is 3.05. The summed E-state index contributed by atoms with van der Waals surface area (Å²) in [5.41, 5.74) is 0.869. The van der Waals surface area contributed by atoms with Gasteiger partial charge in [-0.3, -0.25) is 4.79 Å². The van der Waals surface area contributed by atoms with Crippen molar-refractivity contribution in [3.63, 3.8) is 0 Å². The highest BCUT2D eigenvalue weighted by Crippen LogP contribution is 2.36. The van der Waals surface area contributed by atoms with E-state index in [9.17, 15) is 4.79 Å². The Bertz CT molecular complexity index is 525. The van der Waals surface area contributed by atoms with E-state index in [1.54, 1.807) is 13.2 Å². The maximum Gasteiger partial charge on any atom is 0.225 e. The van der Waals surface area contributed by atoms with Gasteiger partial charge in [-0.1, -0.05) is 0 Å². The monoisotopic (exact) mass is 293 g/mol. The third-order valence-corrected chi connectivity index (χ3v) is 3.70. The molecule has 2 heterocycles. The number of methoxy groups -OCH3 is 1. The molecule has 2 aliphatic rings. The number of hydrogen-bond donors (Lipinski definition) is 1. The number of rotatable bonds is 4. The maximum absolute atomic E-state index is 12.0. The molecule has 1 aromatic rings. The van der Waals surface area contributed by atoms with E-state index in [4.69, 9.17) is 18.9 Å². The second-order valence-electron chi connectivity index (χ2n) is 5.09. The SMILES string of the molecule is COc1cc2c(cc1CNC(=O)C1CCOC1)OCCO2. The molecule has 2 aliphatic heterocycles. The summed E-state index contributed by atoms with van der Waals surface area (Å²) in [5, 5.41) is 2.93. The summed E-state index contributed by atoms with van der Waals surface area (Å²) < 4.78 is 21.7. The minimum Gasteiger partial charge on any atom is -0.496 e. The Morgan fingerprint density at radius 1 is 1.29 bits per heavy atom. The molecule has 114 valence electrons. The van der Waals surface area contributed by atoms with Crippen LogP contribution in [0.15, 0.2) is 12.1 Å². The molecule has 1 amide bonds. The van der Waals surface area contributed by atoms with Gasteiger partial charge in [-0.15, -0.1) is 0 Å². The highest BCUT2D eigenvalue weighted by atomic mass is 16.6. The van der Waals surface area contributed by atoms with Gasteiger partial charge < -0.3 is 24.3 Å². The standard InChI is InChI=1S/C15H19NO5/c1-18-12-7-14-13(20-4-5-21-14)6-11(12)8-16-15(17)10-2-3-19-9-10/h6-7,10H,2-5,8-9H2,1H3,(H,16,17). The zero-order valence-electron chi connectivity index (χ0n) is 12.0. The second kappa shape index (κ2) is 6.22. The van der Waals surface area contributed by atoms with Crippen LogP contribution in [0.3, 0.4) is 0 Å². The average molecular weight is 293 g/mol. The van der Waals surface area contributed by atoms with Crippen LogP contribution in [0.4, 0.5) is 0 Å². The van der Waals surface area contributed by atoms with Crippen molar-refractivity contribution >= 4 is 5.91 Å². The average Bonchev–Trinajstić information content (AvgIpc) is 3.06. The molecule has 0 radical (unpaired) electrons. The number of fused-ring (bicyclic) bond motifs is 1. The van der Waals surface area contributed by atoms with Crippen LogP contribution in [0.2, 0.25) is 0 Å². The lowest BCUT2D eigenvalue weighted by molar-refractivity contribution is -0.125. The second-order valence-corrected chi connectivity index (χ2v) is 5.09. The fraction of sp³-hybridized carbons (Fsp3) is 0.533. The summed E-state index contributed by atoms with van der Waals surface area (Å²) in [6, 6.07) is 3.66. The molecule has 6 heteroatoms. The van der Waals surface area contributed by atoms with E-state index in [-0.39, 0.29) is 11.8 Å². The van der Waals surface area contributed by atoms with Gasteiger partial charge in [-0.25, -0.2) is 0 Å². The number of carbonyl (C=O) groups excluding carboxylic acids is 1. The Morgan fingerprint density at radius 3 is 2.71 bits per heavy atom. The van der Waals surface area contributed by atoms with Gasteiger partial charge in [0.05, 0.1) is 19.6 Å². The van der Waals surface area contributed by atoms with Gasteiger partial charge in [0.15, 0.2) is 11.5 Å². The lowest BCUT2D eigenvalue weighted by Crippen LogP contribution is -2.30. The molecule has 0 spiro atoms. The molecule has 0 bridgehead atoms. The molecule has 1 saturated heterocycles. The van der Waals surface area contributed by atoms with Crippen molar-refractivity contribution in [3.8, 4) is 17.2 Å². The van der Waals surface area contributed by atoms with Gasteiger partial charge in [0.25, 0.3) is 0 Å². The first-order valence-corrected chi connectivity index (χ1v) is 7.10. The van der Waals surface area contributed by atoms with E-state index in [1.165, 1.54) is 0 Å². The lowest BCUT2D eigenvalue weighted by Gasteiger charge is -2.21. The van der Waals surface area contributed by atoms with Crippen LogP contribution in [0, 0.1) is 5.92 Å². The van der Waals surface area contributed by atoms with Crippen molar-refractivity contribution in [2.24, 2.45) is 5.92 Å². The summed E-state index contributed by atoms with van der Waals surface area (Å²) in [6.45, 7) is 2.63. The molecule has 1 aromatic carbocycles. The van der Waals surface area contributed by atoms with Crippen LogP contribution in [0.1, 0.15) is 12.0 Å². The molecule has 3 rings (SSSR count). The van der Waals surface area contributed by atoms with E-state index in [1.807, 2.05) is 6.07 Å². The first-order valence-electron chi connectivity index (χ1n) is 7.10. The molecule has 6 nitrogen and oxygen atoms in total. The minimum atomic E-state index is -0.0480. The van der Waals surface area contributed by atoms with Crippen molar-refractivity contribution in [1.82, 2.24) is 5.32 Å². The van der Waals surface area contributed by atoms with Gasteiger partial charge in [0, 0.05) is 24.8 Å². The molecule has 0 aliphatic carbocycles. The zero-order valence-corrected chi connectivity index (χ0v) is 12.0. The van der Waals surface area contributed by atoms with E-state index < -0.39 is 0 Å². The van der Waals surface area contributed by atoms with E-state index in [0.29, 0.717) is 50.2 Å². The molecule has 1 fully saturated rings. The molecule has 1 atom stereocenters. The van der Waals surface area contributed by atoms with Gasteiger partial charge in [0.1, 0.15) is 19.0 Å². The van der Waals surface area contributed by atoms with Crippen LogP contribution < -0.4 is 19.5 Å². The van der Waals surface area contributed by atoms with Crippen molar-refractivity contribution < 1.29 is 23.7 Å². The predicted octanol–water partition coefficient (Wildman–Crippen LogP) is 1.12. The van der Waals surface area contributed by atoms with Crippen molar-refractivity contribution in [2.75, 3.05) is 33.5 Å². The number of carbonyl (C=O) groups is 1. The van der Waals surface area contributed by atoms with Crippen LogP contribution in [0.5, 0.6) is 17.2 Å². The maximum atomic E-state index is 12.0. The number of amides is 1. The Labute approximate surface area is 123 Å². The van der Waals surface area contributed by atoms with Gasteiger partial charge in [0.2, 0.25) is 5.91 Å². The zero-order chi connectivity index (χ0) is 14.7. The quantitative estimate of drug-likeness (QED) is 0.901. The molecular weight excluding hydrogens is 274 g/mol. The Kier molecular flexibility index (Phi) is 4.15. The summed E-state index contributed by atoms with van der Waals surface area (Å²) in [4.78, 5) is 12.0. The number of benzene rings is 1. The number of ether oxygens (including phenoxy) is 4. The fourth-order valence-electron chi connectivity index (χ4n) is 2.51. The highest BCUT2D eigenvalue weighted by molar-refractivity contribution is 5.79. The summed E-state index contributed by atoms with van der Waals surface area (Å²) in [7, 11) is 1.60. The molecule has 0 saturated carbocycles. The van der Waals surface area contributed by atoms with E-state index in [2.05, 4.69) is 5.32 Å². The van der Waals surface area contributed by atoms with Gasteiger partial charge in [-0.2, -0.15) is 0 Å². The molecular formula is C15H19NO5. The fourth-order valence-corrected chi connectivity index (χ4v) is 2.51. The Hall–Kier alpha value is -1.95. The van der Waals surface area contributed by atoms with Crippen molar-refractivity contribution in [1.29, 1.82) is 0 Å². The van der Waals surface area contributed by atoms with Crippen LogP contribution >= 0.6 is 0 Å². The third-order valence-electron chi connectivity index (χ3n) is 3.70. The minimum absolute atomic E-state index is 0.0180. The molecule has 1 N–H and O–H groups in total. The van der Waals surface area contributed by atoms with E-state index in [0.717, 1.165) is 12.0 Å². The Balaban J connectivity index is 1.70. The first kappa shape index (κ1) is 14.0. The van der Waals surface area contributed by atoms with E-state index >= 15 is 0 Å². The highest BCUT2D eigenvalue weighted by Gasteiger charge is 2.24. The lowest BCUT2D eigenvalue weighted by atomic mass is 10.1. The summed E-state index contributed by atoms with van der Waals surface area (Å²) >= 11 is 0. The van der Waals surface area contributed by atoms with Crippen LogP contribution in [-0.2, 0) is 16.1 Å². The first-order chi connectivity index (χ1) is 10.3. The molecule has 21 heavy (non-hydrogen) atoms. The van der Waals surface area contributed by atoms with Gasteiger partial charge in [-0.05, 0) is 12.5 Å². The summed E-state index contributed by atoms with van der Waals surface area (Å²) in [6.07, 6.45) is 0.782. The normalized spacial score (nSPS) is 20.1. The largest absolute Gasteiger partial charge is 0.496 e. The number of hydrogen-bond acceptors (Lipinski definition) is 5. The van der Waals surface area contributed by atoms with Crippen LogP contribution in [-0.4, -0.2) is 39.4 Å². The smallest absolute Gasteiger partial charge is 0.225 e. The topological polar surface area (TPSA) is 66.0 Å². The van der Waals surface area contributed by atoms with Crippen molar-refractivity contribution in [3.05, 3.63) is 17.7 Å². The Morgan fingerprint density at radius 2 is 2.05 bits per heavy atom. The molecule has 0 aromatic heterocycles. The van der Waals surface area contributed by atoms with Gasteiger partial charge >= 0.3 is 0 Å². The van der Waals surface area contributed by atoms with Crippen molar-refractivity contribution in [2.45, 2.75) is 13.0 Å². The predicted molar refractivity (Wildman–Crippen MR) is 74.8 cm³/mol. The summed E-state index contributed by atoms with van der Waals surface area (Å²) in [5.74, 6) is 2.02. The van der Waals surface area contributed by atoms with Crippen LogP contribution in [0.25, 0.3) is 0 Å². The number of nitrogens with one attached hydrogen (secondary N) is 1.